The molecular formula is C5H11N2O3-. The summed E-state index contributed by atoms with van der Waals surface area (Å²) in [5.41, 5.74) is 6.54. The number of hydrogen-bond donors (Lipinski definition) is 3. The van der Waals surface area contributed by atoms with Crippen LogP contribution >= 0.6 is 0 Å². The monoisotopic (exact) mass is 147 g/mol. The van der Waals surface area contributed by atoms with Crippen LogP contribution in [0.5, 0.6) is 0 Å². The maximum atomic E-state index is 10.1. The Hall–Kier alpha value is -0.650. The Morgan fingerprint density at radius 3 is 2.70 bits per heavy atom. The first-order chi connectivity index (χ1) is 4.72. The van der Waals surface area contributed by atoms with E-state index in [0.29, 0.717) is 13.0 Å². The topological polar surface area (TPSA) is 98.4 Å². The van der Waals surface area contributed by atoms with Gasteiger partial charge in [-0.15, -0.1) is 0 Å². The molecule has 60 valence electrons. The summed E-state index contributed by atoms with van der Waals surface area (Å²) in [5.74, 6) is -1.12. The van der Waals surface area contributed by atoms with Crippen LogP contribution in [0.2, 0.25) is 0 Å². The number of hydrogen-bond acceptors (Lipinski definition) is 4. The van der Waals surface area contributed by atoms with Crippen LogP contribution in [-0.2, 0) is 4.79 Å². The number of carboxylic acid groups (broad SMARTS) is 1. The van der Waals surface area contributed by atoms with Crippen LogP contribution in [0.3, 0.4) is 0 Å². The number of nitrogens with two attached hydrogens (primary N) is 1. The van der Waals surface area contributed by atoms with Crippen molar-refractivity contribution in [3.63, 3.8) is 0 Å². The summed E-state index contributed by atoms with van der Waals surface area (Å²) in [7, 11) is 0. The Bertz CT molecular complexity index is 107. The Kier molecular flexibility index (Phi) is 4.82. The van der Waals surface area contributed by atoms with Crippen molar-refractivity contribution in [2.24, 2.45) is 5.73 Å². The Balaban J connectivity index is 3.50. The van der Waals surface area contributed by atoms with Crippen molar-refractivity contribution in [2.75, 3.05) is 6.54 Å². The highest BCUT2D eigenvalue weighted by molar-refractivity contribution is 5.73. The predicted octanol–water partition coefficient (Wildman–Crippen LogP) is -0.734. The van der Waals surface area contributed by atoms with Crippen LogP contribution in [0.1, 0.15) is 12.8 Å². The van der Waals surface area contributed by atoms with Gasteiger partial charge in [0.15, 0.2) is 0 Å². The molecule has 0 heterocycles. The summed E-state index contributed by atoms with van der Waals surface area (Å²) in [6.07, 6.45) is 0.835. The molecule has 0 aliphatic rings. The average Bonchev–Trinajstić information content (AvgIpc) is 1.89. The van der Waals surface area contributed by atoms with Gasteiger partial charge in [-0.3, -0.25) is 4.79 Å². The zero-order chi connectivity index (χ0) is 7.98. The molecule has 0 aromatic rings. The standard InChI is InChI=1S/C5H11N2O3/c6-3-1-2-4(7-10)5(8)9/h4,7H,1-3,6H2,(H,8,9)/q-1/t4-/m0/s1. The van der Waals surface area contributed by atoms with Crippen LogP contribution in [0.15, 0.2) is 0 Å². The van der Waals surface area contributed by atoms with E-state index in [9.17, 15) is 10.0 Å². The first-order valence-corrected chi connectivity index (χ1v) is 3.03. The van der Waals surface area contributed by atoms with Gasteiger partial charge >= 0.3 is 5.97 Å². The predicted molar refractivity (Wildman–Crippen MR) is 36.2 cm³/mol. The van der Waals surface area contributed by atoms with Gasteiger partial charge in [-0.25, -0.2) is 0 Å². The molecule has 0 aromatic carbocycles. The normalized spacial score (nSPS) is 13.0. The van der Waals surface area contributed by atoms with E-state index in [2.05, 4.69) is 0 Å². The second kappa shape index (κ2) is 5.16. The molecule has 0 aromatic heterocycles. The van der Waals surface area contributed by atoms with E-state index in [1.165, 1.54) is 5.48 Å². The molecule has 5 heteroatoms. The molecule has 0 aliphatic heterocycles. The number of carboxylic acids is 1. The largest absolute Gasteiger partial charge is 0.787 e. The fraction of sp³-hybridized carbons (Fsp3) is 0.800. The van der Waals surface area contributed by atoms with Crippen LogP contribution in [0, 0.1) is 5.21 Å². The second-order valence-electron chi connectivity index (χ2n) is 1.94. The first-order valence-electron chi connectivity index (χ1n) is 3.03. The molecule has 0 amide bonds. The van der Waals surface area contributed by atoms with E-state index in [-0.39, 0.29) is 6.42 Å². The Morgan fingerprint density at radius 2 is 2.40 bits per heavy atom. The minimum Gasteiger partial charge on any atom is -0.787 e. The van der Waals surface area contributed by atoms with Crippen molar-refractivity contribution in [2.45, 2.75) is 18.9 Å². The highest BCUT2D eigenvalue weighted by Crippen LogP contribution is 1.94. The fourth-order valence-electron chi connectivity index (χ4n) is 0.555. The van der Waals surface area contributed by atoms with E-state index >= 15 is 0 Å². The molecule has 0 aliphatic carbocycles. The molecule has 1 atom stereocenters. The van der Waals surface area contributed by atoms with Crippen molar-refractivity contribution >= 4 is 5.97 Å². The lowest BCUT2D eigenvalue weighted by Crippen LogP contribution is -2.32. The number of rotatable bonds is 5. The molecule has 0 spiro atoms. The van der Waals surface area contributed by atoms with Crippen LogP contribution < -0.4 is 11.2 Å². The number of aliphatic carboxylic acids is 1. The van der Waals surface area contributed by atoms with E-state index in [1.807, 2.05) is 0 Å². The number of carbonyl (C=O) groups is 1. The maximum absolute atomic E-state index is 10.1. The maximum Gasteiger partial charge on any atom is 0.319 e. The van der Waals surface area contributed by atoms with Gasteiger partial charge < -0.3 is 21.5 Å². The lowest BCUT2D eigenvalue weighted by Gasteiger charge is -2.16. The summed E-state index contributed by atoms with van der Waals surface area (Å²) < 4.78 is 0. The molecule has 4 N–H and O–H groups in total. The average molecular weight is 147 g/mol. The fourth-order valence-corrected chi connectivity index (χ4v) is 0.555. The molecule has 0 rings (SSSR count). The lowest BCUT2D eigenvalue weighted by atomic mass is 10.2. The van der Waals surface area contributed by atoms with E-state index in [1.54, 1.807) is 0 Å². The Morgan fingerprint density at radius 1 is 1.80 bits per heavy atom. The minimum atomic E-state index is -1.12. The van der Waals surface area contributed by atoms with Crippen molar-refractivity contribution in [3.05, 3.63) is 5.21 Å². The molecular weight excluding hydrogens is 136 g/mol. The number of hydroxylamine groups is 1. The van der Waals surface area contributed by atoms with Gasteiger partial charge in [0.25, 0.3) is 0 Å². The third-order valence-electron chi connectivity index (χ3n) is 1.14. The molecule has 0 saturated heterocycles. The Labute approximate surface area is 58.8 Å². The van der Waals surface area contributed by atoms with Crippen LogP contribution in [0.4, 0.5) is 0 Å². The van der Waals surface area contributed by atoms with Crippen molar-refractivity contribution in [3.8, 4) is 0 Å². The third kappa shape index (κ3) is 3.39. The summed E-state index contributed by atoms with van der Waals surface area (Å²) in [4.78, 5) is 10.1. The summed E-state index contributed by atoms with van der Waals surface area (Å²) >= 11 is 0. The summed E-state index contributed by atoms with van der Waals surface area (Å²) in [6.45, 7) is 0.408. The zero-order valence-corrected chi connectivity index (χ0v) is 5.54. The van der Waals surface area contributed by atoms with E-state index < -0.39 is 12.0 Å². The van der Waals surface area contributed by atoms with Crippen molar-refractivity contribution in [1.82, 2.24) is 5.48 Å². The third-order valence-corrected chi connectivity index (χ3v) is 1.14. The van der Waals surface area contributed by atoms with Crippen molar-refractivity contribution < 1.29 is 9.90 Å². The van der Waals surface area contributed by atoms with Crippen LogP contribution in [0.25, 0.3) is 0 Å². The molecule has 0 unspecified atom stereocenters. The van der Waals surface area contributed by atoms with Gasteiger partial charge in [0.1, 0.15) is 0 Å². The molecule has 5 nitrogen and oxygen atoms in total. The van der Waals surface area contributed by atoms with Gasteiger partial charge in [-0.1, -0.05) is 0 Å². The van der Waals surface area contributed by atoms with Gasteiger partial charge in [0, 0.05) is 0 Å². The van der Waals surface area contributed by atoms with Gasteiger partial charge in [0.05, 0.1) is 6.04 Å². The van der Waals surface area contributed by atoms with Crippen molar-refractivity contribution in [1.29, 1.82) is 0 Å². The number of nitrogens with one attached hydrogen (secondary N) is 1. The van der Waals surface area contributed by atoms with Gasteiger partial charge in [0.2, 0.25) is 0 Å². The highest BCUT2D eigenvalue weighted by Gasteiger charge is 2.10. The van der Waals surface area contributed by atoms with Gasteiger partial charge in [-0.05, 0) is 19.4 Å². The SMILES string of the molecule is NCCC[C@H](N[O-])C(=O)O. The zero-order valence-electron chi connectivity index (χ0n) is 5.54. The molecule has 0 fully saturated rings. The second-order valence-corrected chi connectivity index (χ2v) is 1.94. The minimum absolute atomic E-state index is 0.287. The quantitative estimate of drug-likeness (QED) is 0.445. The summed E-state index contributed by atoms with van der Waals surface area (Å²) in [6, 6.07) is -0.997. The highest BCUT2D eigenvalue weighted by atomic mass is 16.5. The molecule has 0 saturated carbocycles. The van der Waals surface area contributed by atoms with Gasteiger partial charge in [-0.2, -0.15) is 0 Å². The summed E-state index contributed by atoms with van der Waals surface area (Å²) in [5, 5.41) is 18.2. The van der Waals surface area contributed by atoms with E-state index in [0.717, 1.165) is 0 Å². The first kappa shape index (κ1) is 9.35. The van der Waals surface area contributed by atoms with Crippen LogP contribution in [-0.4, -0.2) is 23.7 Å². The molecule has 10 heavy (non-hydrogen) atoms. The van der Waals surface area contributed by atoms with E-state index in [4.69, 9.17) is 10.8 Å². The molecule has 0 bridgehead atoms. The lowest BCUT2D eigenvalue weighted by molar-refractivity contribution is -0.139. The smallest absolute Gasteiger partial charge is 0.319 e. The molecule has 0 radical (unpaired) electrons.